The Kier molecular flexibility index (Phi) is 3.54. The molecule has 3 N–H and O–H groups in total. The lowest BCUT2D eigenvalue weighted by Crippen LogP contribution is -2.39. The summed E-state index contributed by atoms with van der Waals surface area (Å²) < 4.78 is 10.9. The fourth-order valence-electron chi connectivity index (χ4n) is 2.06. The van der Waals surface area contributed by atoms with E-state index in [1.54, 1.807) is 7.11 Å². The Balaban J connectivity index is 2.01. The number of anilines is 2. The summed E-state index contributed by atoms with van der Waals surface area (Å²) in [5.74, 6) is 0. The molecule has 1 aromatic carbocycles. The van der Waals surface area contributed by atoms with Crippen molar-refractivity contribution in [2.75, 3.05) is 37.9 Å². The fourth-order valence-corrected chi connectivity index (χ4v) is 2.06. The third-order valence-electron chi connectivity index (χ3n) is 3.31. The number of rotatable bonds is 4. The van der Waals surface area contributed by atoms with Crippen LogP contribution in [0.5, 0.6) is 0 Å². The highest BCUT2D eigenvalue weighted by Gasteiger charge is 2.34. The zero-order valence-electron chi connectivity index (χ0n) is 10.5. The molecule has 1 aliphatic heterocycles. The summed E-state index contributed by atoms with van der Waals surface area (Å²) in [4.78, 5) is 0. The molecule has 4 heteroatoms. The van der Waals surface area contributed by atoms with Gasteiger partial charge in [0.25, 0.3) is 0 Å². The minimum Gasteiger partial charge on any atom is -0.397 e. The summed E-state index contributed by atoms with van der Waals surface area (Å²) >= 11 is 0. The lowest BCUT2D eigenvalue weighted by Gasteiger charge is -2.26. The third kappa shape index (κ3) is 2.70. The summed E-state index contributed by atoms with van der Waals surface area (Å²) in [7, 11) is 1.73. The van der Waals surface area contributed by atoms with Gasteiger partial charge in [0, 0.05) is 26.7 Å². The summed E-state index contributed by atoms with van der Waals surface area (Å²) in [6.45, 7) is 4.15. The van der Waals surface area contributed by atoms with Gasteiger partial charge in [0.2, 0.25) is 0 Å². The molecule has 1 unspecified atom stereocenters. The van der Waals surface area contributed by atoms with Gasteiger partial charge in [-0.25, -0.2) is 0 Å². The van der Waals surface area contributed by atoms with Gasteiger partial charge in [-0.3, -0.25) is 0 Å². The number of hydrogen-bond acceptors (Lipinski definition) is 4. The number of nitrogen functional groups attached to an aromatic ring is 1. The van der Waals surface area contributed by atoms with E-state index < -0.39 is 0 Å². The molecule has 1 aromatic rings. The zero-order chi connectivity index (χ0) is 12.3. The molecule has 17 heavy (non-hydrogen) atoms. The van der Waals surface area contributed by atoms with Crippen molar-refractivity contribution in [1.29, 1.82) is 0 Å². The van der Waals surface area contributed by atoms with Gasteiger partial charge < -0.3 is 20.5 Å². The number of benzene rings is 1. The number of nitrogens with one attached hydrogen (secondary N) is 1. The Morgan fingerprint density at radius 2 is 2.35 bits per heavy atom. The van der Waals surface area contributed by atoms with Gasteiger partial charge in [0.1, 0.15) is 5.60 Å². The average Bonchev–Trinajstić information content (AvgIpc) is 2.77. The molecular weight excluding hydrogens is 216 g/mol. The standard InChI is InChI=1S/C13H20N2O2/c1-10-3-4-12(11(14)7-10)15-8-13(16-2)5-6-17-9-13/h3-4,7,15H,5-6,8-9,14H2,1-2H3. The molecule has 2 rings (SSSR count). The molecule has 0 amide bonds. The Labute approximate surface area is 102 Å². The maximum Gasteiger partial charge on any atom is 0.110 e. The summed E-state index contributed by atoms with van der Waals surface area (Å²) in [6.07, 6.45) is 0.919. The van der Waals surface area contributed by atoms with Crippen LogP contribution >= 0.6 is 0 Å². The van der Waals surface area contributed by atoms with Crippen molar-refractivity contribution >= 4 is 11.4 Å². The van der Waals surface area contributed by atoms with Crippen LogP contribution in [0, 0.1) is 6.92 Å². The van der Waals surface area contributed by atoms with Crippen LogP contribution in [0.25, 0.3) is 0 Å². The smallest absolute Gasteiger partial charge is 0.110 e. The monoisotopic (exact) mass is 236 g/mol. The Morgan fingerprint density at radius 1 is 1.53 bits per heavy atom. The van der Waals surface area contributed by atoms with Crippen molar-refractivity contribution in [3.8, 4) is 0 Å². The maximum absolute atomic E-state index is 5.96. The molecular formula is C13H20N2O2. The van der Waals surface area contributed by atoms with Crippen molar-refractivity contribution in [1.82, 2.24) is 0 Å². The van der Waals surface area contributed by atoms with Crippen LogP contribution in [-0.2, 0) is 9.47 Å². The van der Waals surface area contributed by atoms with E-state index in [0.29, 0.717) is 6.61 Å². The van der Waals surface area contributed by atoms with Gasteiger partial charge in [0.05, 0.1) is 18.0 Å². The molecule has 0 spiro atoms. The molecule has 1 fully saturated rings. The predicted octanol–water partition coefficient (Wildman–Crippen LogP) is 1.79. The highest BCUT2D eigenvalue weighted by molar-refractivity contribution is 5.67. The molecule has 1 heterocycles. The van der Waals surface area contributed by atoms with E-state index in [1.807, 2.05) is 25.1 Å². The van der Waals surface area contributed by atoms with Gasteiger partial charge in [0.15, 0.2) is 0 Å². The summed E-state index contributed by atoms with van der Waals surface area (Å²) in [5, 5.41) is 3.34. The van der Waals surface area contributed by atoms with Gasteiger partial charge in [-0.05, 0) is 24.6 Å². The number of methoxy groups -OCH3 is 1. The van der Waals surface area contributed by atoms with Crippen LogP contribution in [0.1, 0.15) is 12.0 Å². The van der Waals surface area contributed by atoms with Crippen LogP contribution in [-0.4, -0.2) is 32.5 Å². The normalized spacial score (nSPS) is 23.9. The maximum atomic E-state index is 5.96. The van der Waals surface area contributed by atoms with Crippen LogP contribution in [0.4, 0.5) is 11.4 Å². The second-order valence-electron chi connectivity index (χ2n) is 4.63. The number of hydrogen-bond donors (Lipinski definition) is 2. The van der Waals surface area contributed by atoms with Crippen molar-refractivity contribution in [3.63, 3.8) is 0 Å². The molecule has 1 atom stereocenters. The minimum atomic E-state index is -0.211. The quantitative estimate of drug-likeness (QED) is 0.783. The zero-order valence-corrected chi connectivity index (χ0v) is 10.5. The number of nitrogens with two attached hydrogens (primary N) is 1. The van der Waals surface area contributed by atoms with Crippen molar-refractivity contribution in [3.05, 3.63) is 23.8 Å². The summed E-state index contributed by atoms with van der Waals surface area (Å²) in [6, 6.07) is 6.01. The second kappa shape index (κ2) is 4.94. The molecule has 0 aliphatic carbocycles. The predicted molar refractivity (Wildman–Crippen MR) is 69.3 cm³/mol. The number of aryl methyl sites for hydroxylation is 1. The van der Waals surface area contributed by atoms with E-state index in [9.17, 15) is 0 Å². The SMILES string of the molecule is COC1(CNc2ccc(C)cc2N)CCOC1. The van der Waals surface area contributed by atoms with E-state index in [2.05, 4.69) is 5.32 Å². The van der Waals surface area contributed by atoms with Gasteiger partial charge in [-0.2, -0.15) is 0 Å². The first-order valence-electron chi connectivity index (χ1n) is 5.88. The first kappa shape index (κ1) is 12.2. The molecule has 0 bridgehead atoms. The van der Waals surface area contributed by atoms with Crippen LogP contribution < -0.4 is 11.1 Å². The van der Waals surface area contributed by atoms with E-state index in [4.69, 9.17) is 15.2 Å². The highest BCUT2D eigenvalue weighted by Crippen LogP contribution is 2.25. The summed E-state index contributed by atoms with van der Waals surface area (Å²) in [5.41, 5.74) is 8.64. The van der Waals surface area contributed by atoms with Gasteiger partial charge in [-0.15, -0.1) is 0 Å². The lowest BCUT2D eigenvalue weighted by molar-refractivity contribution is -0.00618. The molecule has 0 aromatic heterocycles. The molecule has 0 radical (unpaired) electrons. The second-order valence-corrected chi connectivity index (χ2v) is 4.63. The molecule has 94 valence electrons. The van der Waals surface area contributed by atoms with E-state index in [-0.39, 0.29) is 5.60 Å². The van der Waals surface area contributed by atoms with E-state index in [0.717, 1.165) is 30.9 Å². The largest absolute Gasteiger partial charge is 0.397 e. The van der Waals surface area contributed by atoms with Gasteiger partial charge in [-0.1, -0.05) is 6.07 Å². The minimum absolute atomic E-state index is 0.211. The van der Waals surface area contributed by atoms with Crippen LogP contribution in [0.15, 0.2) is 18.2 Å². The van der Waals surface area contributed by atoms with E-state index >= 15 is 0 Å². The van der Waals surface area contributed by atoms with Gasteiger partial charge >= 0.3 is 0 Å². The average molecular weight is 236 g/mol. The number of ether oxygens (including phenoxy) is 2. The molecule has 4 nitrogen and oxygen atoms in total. The third-order valence-corrected chi connectivity index (χ3v) is 3.31. The van der Waals surface area contributed by atoms with Crippen molar-refractivity contribution in [2.24, 2.45) is 0 Å². The Hall–Kier alpha value is -1.26. The fraction of sp³-hybridized carbons (Fsp3) is 0.538. The Morgan fingerprint density at radius 3 is 2.94 bits per heavy atom. The van der Waals surface area contributed by atoms with Crippen molar-refractivity contribution in [2.45, 2.75) is 18.9 Å². The first-order chi connectivity index (χ1) is 8.15. The molecule has 0 saturated carbocycles. The van der Waals surface area contributed by atoms with Crippen molar-refractivity contribution < 1.29 is 9.47 Å². The molecule has 1 saturated heterocycles. The van der Waals surface area contributed by atoms with E-state index in [1.165, 1.54) is 5.56 Å². The lowest BCUT2D eigenvalue weighted by atomic mass is 10.0. The Bertz CT molecular complexity index is 387. The highest BCUT2D eigenvalue weighted by atomic mass is 16.5. The topological polar surface area (TPSA) is 56.5 Å². The van der Waals surface area contributed by atoms with Crippen LogP contribution in [0.2, 0.25) is 0 Å². The van der Waals surface area contributed by atoms with Crippen LogP contribution in [0.3, 0.4) is 0 Å². The first-order valence-corrected chi connectivity index (χ1v) is 5.88. The molecule has 1 aliphatic rings.